The molecule has 1 aliphatic rings. The number of rotatable bonds is 7. The van der Waals surface area contributed by atoms with Gasteiger partial charge >= 0.3 is 0 Å². The van der Waals surface area contributed by atoms with E-state index in [4.69, 9.17) is 14.2 Å². The van der Waals surface area contributed by atoms with Crippen molar-refractivity contribution in [2.24, 2.45) is 0 Å². The summed E-state index contributed by atoms with van der Waals surface area (Å²) in [6, 6.07) is 19.5. The molecular formula is C22H23N3O3. The zero-order chi connectivity index (χ0) is 19.3. The van der Waals surface area contributed by atoms with Gasteiger partial charge in [-0.05, 0) is 43.3 Å². The summed E-state index contributed by atoms with van der Waals surface area (Å²) in [5.41, 5.74) is 1.96. The molecule has 144 valence electrons. The highest BCUT2D eigenvalue weighted by Gasteiger charge is 2.23. The van der Waals surface area contributed by atoms with Crippen LogP contribution in [0.1, 0.15) is 18.7 Å². The molecule has 0 saturated heterocycles. The molecule has 0 amide bonds. The molecule has 0 radical (unpaired) electrons. The number of nitrogens with zero attached hydrogens (tertiary/aromatic N) is 1. The normalized spacial score (nSPS) is 15.9. The minimum absolute atomic E-state index is 0.0758. The maximum atomic E-state index is 6.06. The second kappa shape index (κ2) is 8.19. The van der Waals surface area contributed by atoms with Crippen molar-refractivity contribution in [2.45, 2.75) is 19.2 Å². The van der Waals surface area contributed by atoms with Crippen molar-refractivity contribution in [1.29, 1.82) is 0 Å². The van der Waals surface area contributed by atoms with Crippen LogP contribution >= 0.6 is 0 Å². The zero-order valence-corrected chi connectivity index (χ0v) is 15.9. The maximum absolute atomic E-state index is 6.06. The Morgan fingerprint density at radius 1 is 0.964 bits per heavy atom. The number of fused-ring (bicyclic) bond motifs is 1. The van der Waals surface area contributed by atoms with Gasteiger partial charge in [0.1, 0.15) is 29.5 Å². The van der Waals surface area contributed by atoms with Gasteiger partial charge < -0.3 is 24.8 Å². The van der Waals surface area contributed by atoms with Gasteiger partial charge in [-0.1, -0.05) is 18.2 Å². The first-order valence-corrected chi connectivity index (χ1v) is 9.23. The Balaban J connectivity index is 1.62. The van der Waals surface area contributed by atoms with Crippen LogP contribution in [0.2, 0.25) is 0 Å². The van der Waals surface area contributed by atoms with E-state index in [1.165, 1.54) is 0 Å². The third kappa shape index (κ3) is 4.18. The average Bonchev–Trinajstić information content (AvgIpc) is 3.13. The Kier molecular flexibility index (Phi) is 5.30. The van der Waals surface area contributed by atoms with Crippen molar-refractivity contribution in [1.82, 2.24) is 4.98 Å². The summed E-state index contributed by atoms with van der Waals surface area (Å²) in [5.74, 6) is 3.03. The number of nitrogens with one attached hydrogen (secondary N) is 2. The van der Waals surface area contributed by atoms with Gasteiger partial charge in [0.05, 0.1) is 12.3 Å². The number of ether oxygens (including phenoxy) is 3. The first-order chi connectivity index (χ1) is 13.7. The Bertz CT molecular complexity index is 908. The Hall–Kier alpha value is -3.25. The molecule has 0 aliphatic carbocycles. The molecule has 2 aromatic carbocycles. The van der Waals surface area contributed by atoms with Crippen LogP contribution in [0, 0.1) is 0 Å². The van der Waals surface area contributed by atoms with Gasteiger partial charge in [-0.3, -0.25) is 0 Å². The lowest BCUT2D eigenvalue weighted by Crippen LogP contribution is -2.18. The fourth-order valence-electron chi connectivity index (χ4n) is 3.14. The molecule has 0 saturated carbocycles. The van der Waals surface area contributed by atoms with E-state index in [1.54, 1.807) is 13.3 Å². The fourth-order valence-corrected chi connectivity index (χ4v) is 3.14. The van der Waals surface area contributed by atoms with Gasteiger partial charge in [-0.15, -0.1) is 0 Å². The van der Waals surface area contributed by atoms with Gasteiger partial charge in [0, 0.05) is 24.9 Å². The number of methoxy groups -OCH3 is 1. The topological polar surface area (TPSA) is 64.6 Å². The first-order valence-electron chi connectivity index (χ1n) is 9.23. The summed E-state index contributed by atoms with van der Waals surface area (Å²) in [6.45, 7) is 2.48. The SMILES string of the molecule is COCC(C)Oc1cc(Oc2ccccc2)cc(C2Nc3cccnc3N2)c1. The van der Waals surface area contributed by atoms with Crippen LogP contribution in [0.4, 0.5) is 11.5 Å². The van der Waals surface area contributed by atoms with Crippen LogP contribution in [0.25, 0.3) is 0 Å². The predicted molar refractivity (Wildman–Crippen MR) is 109 cm³/mol. The van der Waals surface area contributed by atoms with Crippen LogP contribution in [-0.2, 0) is 4.74 Å². The molecule has 0 spiro atoms. The summed E-state index contributed by atoms with van der Waals surface area (Å²) in [5, 5.41) is 6.83. The van der Waals surface area contributed by atoms with E-state index in [9.17, 15) is 0 Å². The van der Waals surface area contributed by atoms with Crippen molar-refractivity contribution in [2.75, 3.05) is 24.4 Å². The molecule has 2 atom stereocenters. The average molecular weight is 377 g/mol. The van der Waals surface area contributed by atoms with Gasteiger partial charge in [0.2, 0.25) is 0 Å². The van der Waals surface area contributed by atoms with Crippen molar-refractivity contribution < 1.29 is 14.2 Å². The monoisotopic (exact) mass is 377 g/mol. The molecule has 0 fully saturated rings. The summed E-state index contributed by atoms with van der Waals surface area (Å²) in [7, 11) is 1.66. The molecule has 28 heavy (non-hydrogen) atoms. The Morgan fingerprint density at radius 3 is 2.57 bits per heavy atom. The highest BCUT2D eigenvalue weighted by molar-refractivity contribution is 5.71. The number of hydrogen-bond donors (Lipinski definition) is 2. The number of pyridine rings is 1. The van der Waals surface area contributed by atoms with E-state index in [2.05, 4.69) is 15.6 Å². The summed E-state index contributed by atoms with van der Waals surface area (Å²) in [6.07, 6.45) is 1.57. The molecule has 2 unspecified atom stereocenters. The van der Waals surface area contributed by atoms with E-state index in [0.717, 1.165) is 28.6 Å². The summed E-state index contributed by atoms with van der Waals surface area (Å²) < 4.78 is 17.3. The summed E-state index contributed by atoms with van der Waals surface area (Å²) in [4.78, 5) is 4.37. The van der Waals surface area contributed by atoms with Crippen molar-refractivity contribution in [3.05, 3.63) is 72.4 Å². The molecule has 6 heteroatoms. The van der Waals surface area contributed by atoms with Crippen LogP contribution in [0.15, 0.2) is 66.9 Å². The van der Waals surface area contributed by atoms with E-state index in [1.807, 2.05) is 67.6 Å². The van der Waals surface area contributed by atoms with Crippen LogP contribution in [-0.4, -0.2) is 24.8 Å². The number of anilines is 2. The van der Waals surface area contributed by atoms with Gasteiger partial charge in [0.25, 0.3) is 0 Å². The largest absolute Gasteiger partial charge is 0.488 e. The molecule has 6 nitrogen and oxygen atoms in total. The molecule has 1 aromatic heterocycles. The van der Waals surface area contributed by atoms with E-state index >= 15 is 0 Å². The summed E-state index contributed by atoms with van der Waals surface area (Å²) >= 11 is 0. The third-order valence-electron chi connectivity index (χ3n) is 4.34. The van der Waals surface area contributed by atoms with E-state index in [0.29, 0.717) is 12.4 Å². The lowest BCUT2D eigenvalue weighted by atomic mass is 10.1. The molecule has 3 aromatic rings. The third-order valence-corrected chi connectivity index (χ3v) is 4.34. The van der Waals surface area contributed by atoms with Gasteiger partial charge in [-0.25, -0.2) is 4.98 Å². The lowest BCUT2D eigenvalue weighted by Gasteiger charge is -2.19. The lowest BCUT2D eigenvalue weighted by molar-refractivity contribution is 0.0919. The van der Waals surface area contributed by atoms with Crippen molar-refractivity contribution in [3.63, 3.8) is 0 Å². The second-order valence-electron chi connectivity index (χ2n) is 6.66. The second-order valence-corrected chi connectivity index (χ2v) is 6.66. The zero-order valence-electron chi connectivity index (χ0n) is 15.9. The molecule has 4 rings (SSSR count). The highest BCUT2D eigenvalue weighted by Crippen LogP contribution is 2.37. The number of benzene rings is 2. The molecule has 2 N–H and O–H groups in total. The van der Waals surface area contributed by atoms with Gasteiger partial charge in [-0.2, -0.15) is 0 Å². The Morgan fingerprint density at radius 2 is 1.79 bits per heavy atom. The maximum Gasteiger partial charge on any atom is 0.151 e. The van der Waals surface area contributed by atoms with E-state index < -0.39 is 0 Å². The quantitative estimate of drug-likeness (QED) is 0.615. The smallest absolute Gasteiger partial charge is 0.151 e. The fraction of sp³-hybridized carbons (Fsp3) is 0.227. The van der Waals surface area contributed by atoms with Crippen LogP contribution in [0.5, 0.6) is 17.2 Å². The molecule has 2 heterocycles. The number of hydrogen-bond acceptors (Lipinski definition) is 6. The van der Waals surface area contributed by atoms with Gasteiger partial charge in [0.15, 0.2) is 5.82 Å². The van der Waals surface area contributed by atoms with E-state index in [-0.39, 0.29) is 12.3 Å². The van der Waals surface area contributed by atoms with Crippen LogP contribution in [0.3, 0.4) is 0 Å². The van der Waals surface area contributed by atoms with Crippen molar-refractivity contribution in [3.8, 4) is 17.2 Å². The number of aromatic nitrogens is 1. The minimum atomic E-state index is -0.121. The predicted octanol–water partition coefficient (Wildman–Crippen LogP) is 4.82. The van der Waals surface area contributed by atoms with Crippen LogP contribution < -0.4 is 20.1 Å². The minimum Gasteiger partial charge on any atom is -0.488 e. The Labute approximate surface area is 164 Å². The molecule has 0 bridgehead atoms. The first kappa shape index (κ1) is 18.1. The highest BCUT2D eigenvalue weighted by atomic mass is 16.5. The van der Waals surface area contributed by atoms with Crippen molar-refractivity contribution >= 4 is 11.5 Å². The molecule has 1 aliphatic heterocycles. The molecular weight excluding hydrogens is 354 g/mol. The standard InChI is InChI=1S/C22H23N3O3/c1-15(14-26-2)27-18-11-16(21-24-20-9-6-10-23-22(20)25-21)12-19(13-18)28-17-7-4-3-5-8-17/h3-13,15,21,24H,14H2,1-2H3,(H,23,25). The number of para-hydroxylation sites is 1.